The number of hydrogen-bond donors (Lipinski definition) is 1. The van der Waals surface area contributed by atoms with Crippen LogP contribution in [0.2, 0.25) is 0 Å². The molecule has 0 bridgehead atoms. The van der Waals surface area contributed by atoms with E-state index in [9.17, 15) is 18.3 Å². The van der Waals surface area contributed by atoms with Crippen molar-refractivity contribution in [2.24, 2.45) is 0 Å². The standard InChI is InChI=1S/C22H28N2O4S/c1-17-12-14-18(15-13-17)24(29(27,28)19-8-4-3-5-9-19)16-22(26)23(2)20-10-6-7-11-21(20)25/h3-5,8-9,12-15,20-21,25H,6-7,10-11,16H2,1-2H3. The highest BCUT2D eigenvalue weighted by Gasteiger charge is 2.33. The summed E-state index contributed by atoms with van der Waals surface area (Å²) in [6.07, 6.45) is 2.70. The Bertz CT molecular complexity index is 929. The van der Waals surface area contributed by atoms with Crippen molar-refractivity contribution in [1.29, 1.82) is 0 Å². The quantitative estimate of drug-likeness (QED) is 0.785. The van der Waals surface area contributed by atoms with E-state index in [4.69, 9.17) is 0 Å². The van der Waals surface area contributed by atoms with Crippen molar-refractivity contribution in [2.75, 3.05) is 17.9 Å². The third kappa shape index (κ3) is 4.79. The van der Waals surface area contributed by atoms with Crippen LogP contribution in [0.3, 0.4) is 0 Å². The van der Waals surface area contributed by atoms with E-state index in [2.05, 4.69) is 0 Å². The third-order valence-electron chi connectivity index (χ3n) is 5.52. The van der Waals surface area contributed by atoms with Gasteiger partial charge in [-0.25, -0.2) is 8.42 Å². The molecule has 156 valence electrons. The highest BCUT2D eigenvalue weighted by atomic mass is 32.2. The topological polar surface area (TPSA) is 77.9 Å². The molecule has 1 aliphatic rings. The maximum absolute atomic E-state index is 13.3. The van der Waals surface area contributed by atoms with Gasteiger partial charge in [-0.3, -0.25) is 9.10 Å². The second kappa shape index (κ2) is 8.97. The van der Waals surface area contributed by atoms with Gasteiger partial charge >= 0.3 is 0 Å². The van der Waals surface area contributed by atoms with Crippen molar-refractivity contribution in [3.63, 3.8) is 0 Å². The van der Waals surface area contributed by atoms with E-state index in [0.29, 0.717) is 12.1 Å². The molecule has 0 aliphatic heterocycles. The fraction of sp³-hybridized carbons (Fsp3) is 0.409. The lowest BCUT2D eigenvalue weighted by molar-refractivity contribution is -0.133. The van der Waals surface area contributed by atoms with Gasteiger partial charge in [-0.2, -0.15) is 0 Å². The lowest BCUT2D eigenvalue weighted by Gasteiger charge is -2.36. The SMILES string of the molecule is Cc1ccc(N(CC(=O)N(C)C2CCCCC2O)S(=O)(=O)c2ccccc2)cc1. The van der Waals surface area contributed by atoms with Crippen molar-refractivity contribution in [3.8, 4) is 0 Å². The molecule has 0 radical (unpaired) electrons. The summed E-state index contributed by atoms with van der Waals surface area (Å²) in [6.45, 7) is 1.60. The second-order valence-electron chi connectivity index (χ2n) is 7.58. The Morgan fingerprint density at radius 1 is 1.03 bits per heavy atom. The first kappa shape index (κ1) is 21.3. The highest BCUT2D eigenvalue weighted by molar-refractivity contribution is 7.92. The number of amides is 1. The number of aryl methyl sites for hydroxylation is 1. The summed E-state index contributed by atoms with van der Waals surface area (Å²) in [5, 5.41) is 10.3. The zero-order chi connectivity index (χ0) is 21.0. The molecule has 0 spiro atoms. The predicted molar refractivity (Wildman–Crippen MR) is 113 cm³/mol. The van der Waals surface area contributed by atoms with Gasteiger partial charge in [0.2, 0.25) is 5.91 Å². The number of benzene rings is 2. The van der Waals surface area contributed by atoms with E-state index in [1.54, 1.807) is 37.4 Å². The van der Waals surface area contributed by atoms with Crippen molar-refractivity contribution in [3.05, 3.63) is 60.2 Å². The molecule has 7 heteroatoms. The van der Waals surface area contributed by atoms with Crippen LogP contribution in [0.1, 0.15) is 31.2 Å². The average molecular weight is 417 g/mol. The van der Waals surface area contributed by atoms with E-state index >= 15 is 0 Å². The summed E-state index contributed by atoms with van der Waals surface area (Å²) >= 11 is 0. The number of carbonyl (C=O) groups is 1. The van der Waals surface area contributed by atoms with Crippen molar-refractivity contribution in [1.82, 2.24) is 4.90 Å². The van der Waals surface area contributed by atoms with E-state index in [0.717, 1.165) is 29.1 Å². The molecule has 6 nitrogen and oxygen atoms in total. The Morgan fingerprint density at radius 2 is 1.66 bits per heavy atom. The van der Waals surface area contributed by atoms with Crippen LogP contribution >= 0.6 is 0 Å². The number of rotatable bonds is 6. The van der Waals surface area contributed by atoms with Gasteiger partial charge in [-0.05, 0) is 44.0 Å². The van der Waals surface area contributed by atoms with Crippen molar-refractivity contribution >= 4 is 21.6 Å². The van der Waals surface area contributed by atoms with E-state index in [1.807, 2.05) is 19.1 Å². The Balaban J connectivity index is 1.91. The Labute approximate surface area is 172 Å². The van der Waals surface area contributed by atoms with E-state index in [-0.39, 0.29) is 23.4 Å². The molecule has 2 aromatic rings. The predicted octanol–water partition coefficient (Wildman–Crippen LogP) is 2.95. The largest absolute Gasteiger partial charge is 0.391 e. The van der Waals surface area contributed by atoms with Crippen LogP contribution in [0, 0.1) is 6.92 Å². The molecule has 1 amide bonds. The van der Waals surface area contributed by atoms with E-state index in [1.165, 1.54) is 17.0 Å². The first-order valence-electron chi connectivity index (χ1n) is 9.89. The lowest BCUT2D eigenvalue weighted by Crippen LogP contribution is -2.50. The molecule has 2 aromatic carbocycles. The molecule has 1 fully saturated rings. The lowest BCUT2D eigenvalue weighted by atomic mass is 9.91. The first-order chi connectivity index (χ1) is 13.8. The summed E-state index contributed by atoms with van der Waals surface area (Å²) in [6, 6.07) is 14.9. The summed E-state index contributed by atoms with van der Waals surface area (Å²) in [5.41, 5.74) is 1.44. The van der Waals surface area contributed by atoms with Gasteiger partial charge in [-0.1, -0.05) is 48.7 Å². The normalized spacial score (nSPS) is 19.6. The molecule has 0 saturated heterocycles. The molecule has 3 rings (SSSR count). The first-order valence-corrected chi connectivity index (χ1v) is 11.3. The number of likely N-dealkylation sites (N-methyl/N-ethyl adjacent to an activating group) is 1. The maximum atomic E-state index is 13.3. The molecular weight excluding hydrogens is 388 g/mol. The molecule has 1 N–H and O–H groups in total. The highest BCUT2D eigenvalue weighted by Crippen LogP contribution is 2.26. The van der Waals surface area contributed by atoms with Crippen LogP contribution in [0.15, 0.2) is 59.5 Å². The summed E-state index contributed by atoms with van der Waals surface area (Å²) < 4.78 is 27.8. The van der Waals surface area contributed by atoms with Gasteiger partial charge < -0.3 is 10.0 Å². The maximum Gasteiger partial charge on any atom is 0.264 e. The van der Waals surface area contributed by atoms with Gasteiger partial charge in [0, 0.05) is 7.05 Å². The van der Waals surface area contributed by atoms with Crippen LogP contribution in [0.4, 0.5) is 5.69 Å². The minimum Gasteiger partial charge on any atom is -0.391 e. The number of carbonyl (C=O) groups excluding carboxylic acids is 1. The molecule has 0 heterocycles. The van der Waals surface area contributed by atoms with Gasteiger partial charge in [0.25, 0.3) is 10.0 Å². The molecule has 29 heavy (non-hydrogen) atoms. The van der Waals surface area contributed by atoms with E-state index < -0.39 is 16.1 Å². The Morgan fingerprint density at radius 3 is 2.28 bits per heavy atom. The van der Waals surface area contributed by atoms with Gasteiger partial charge in [0.05, 0.1) is 22.7 Å². The minimum atomic E-state index is -3.92. The average Bonchev–Trinajstić information content (AvgIpc) is 2.73. The monoisotopic (exact) mass is 416 g/mol. The zero-order valence-electron chi connectivity index (χ0n) is 16.9. The Hall–Kier alpha value is -2.38. The fourth-order valence-electron chi connectivity index (χ4n) is 3.71. The third-order valence-corrected chi connectivity index (χ3v) is 7.30. The van der Waals surface area contributed by atoms with Crippen LogP contribution in [-0.2, 0) is 14.8 Å². The van der Waals surface area contributed by atoms with Gasteiger partial charge in [0.15, 0.2) is 0 Å². The minimum absolute atomic E-state index is 0.133. The molecule has 2 unspecified atom stereocenters. The number of nitrogens with zero attached hydrogens (tertiary/aromatic N) is 2. The number of sulfonamides is 1. The number of hydrogen-bond acceptors (Lipinski definition) is 4. The molecule has 2 atom stereocenters. The molecule has 0 aromatic heterocycles. The number of aliphatic hydroxyl groups is 1. The van der Waals surface area contributed by atoms with Crippen molar-refractivity contribution in [2.45, 2.75) is 49.6 Å². The zero-order valence-corrected chi connectivity index (χ0v) is 17.7. The van der Waals surface area contributed by atoms with Gasteiger partial charge in [0.1, 0.15) is 6.54 Å². The number of aliphatic hydroxyl groups excluding tert-OH is 1. The second-order valence-corrected chi connectivity index (χ2v) is 9.45. The molecule has 1 saturated carbocycles. The van der Waals surface area contributed by atoms with Crippen LogP contribution in [-0.4, -0.2) is 50.1 Å². The van der Waals surface area contributed by atoms with Crippen molar-refractivity contribution < 1.29 is 18.3 Å². The van der Waals surface area contributed by atoms with Gasteiger partial charge in [-0.15, -0.1) is 0 Å². The van der Waals surface area contributed by atoms with Crippen LogP contribution in [0.5, 0.6) is 0 Å². The smallest absolute Gasteiger partial charge is 0.264 e. The van der Waals surface area contributed by atoms with Crippen LogP contribution < -0.4 is 4.31 Å². The fourth-order valence-corrected chi connectivity index (χ4v) is 5.14. The summed E-state index contributed by atoms with van der Waals surface area (Å²) in [7, 11) is -2.27. The summed E-state index contributed by atoms with van der Waals surface area (Å²) in [5.74, 6) is -0.337. The summed E-state index contributed by atoms with van der Waals surface area (Å²) in [4.78, 5) is 14.7. The Kier molecular flexibility index (Phi) is 6.59. The molecule has 1 aliphatic carbocycles. The number of anilines is 1. The van der Waals surface area contributed by atoms with Crippen LogP contribution in [0.25, 0.3) is 0 Å². The molecular formula is C22H28N2O4S.